The van der Waals surface area contributed by atoms with Crippen LogP contribution in [0.5, 0.6) is 5.75 Å². The van der Waals surface area contributed by atoms with Gasteiger partial charge in [0.05, 0.1) is 18.8 Å². The number of hydrogen-bond acceptors (Lipinski definition) is 2. The van der Waals surface area contributed by atoms with Crippen LogP contribution in [0.1, 0.15) is 29.5 Å². The van der Waals surface area contributed by atoms with Crippen molar-refractivity contribution in [2.24, 2.45) is 5.92 Å². The fraction of sp³-hybridized carbons (Fsp3) is 0.263. The van der Waals surface area contributed by atoms with E-state index in [0.29, 0.717) is 11.8 Å². The molecular formula is C19H17Cl2NO. The lowest BCUT2D eigenvalue weighted by molar-refractivity contribution is 0.397. The second kappa shape index (κ2) is 5.77. The Bertz CT molecular complexity index is 787. The molecule has 1 N–H and O–H groups in total. The zero-order chi connectivity index (χ0) is 16.0. The van der Waals surface area contributed by atoms with Crippen molar-refractivity contribution in [2.45, 2.75) is 18.4 Å². The molecule has 0 amide bonds. The predicted molar refractivity (Wildman–Crippen MR) is 95.8 cm³/mol. The van der Waals surface area contributed by atoms with E-state index in [-0.39, 0.29) is 6.04 Å². The highest BCUT2D eigenvalue weighted by Crippen LogP contribution is 2.54. The Morgan fingerprint density at radius 1 is 1.17 bits per heavy atom. The molecule has 0 saturated carbocycles. The lowest BCUT2D eigenvalue weighted by atomic mass is 9.77. The number of rotatable bonds is 2. The maximum absolute atomic E-state index is 6.51. The molecule has 2 aromatic carbocycles. The van der Waals surface area contributed by atoms with Gasteiger partial charge >= 0.3 is 0 Å². The number of methoxy groups -OCH3 is 1. The molecule has 1 aliphatic heterocycles. The molecule has 23 heavy (non-hydrogen) atoms. The van der Waals surface area contributed by atoms with Gasteiger partial charge in [-0.25, -0.2) is 0 Å². The zero-order valence-electron chi connectivity index (χ0n) is 12.7. The largest absolute Gasteiger partial charge is 0.495 e. The molecule has 0 bridgehead atoms. The van der Waals surface area contributed by atoms with E-state index in [1.165, 1.54) is 5.56 Å². The van der Waals surface area contributed by atoms with Crippen LogP contribution in [0, 0.1) is 5.92 Å². The molecule has 0 fully saturated rings. The van der Waals surface area contributed by atoms with Crippen LogP contribution in [-0.2, 0) is 0 Å². The van der Waals surface area contributed by atoms with Gasteiger partial charge in [-0.2, -0.15) is 0 Å². The lowest BCUT2D eigenvalue weighted by Gasteiger charge is -2.38. The van der Waals surface area contributed by atoms with Crippen molar-refractivity contribution in [1.82, 2.24) is 0 Å². The van der Waals surface area contributed by atoms with Crippen LogP contribution >= 0.6 is 23.2 Å². The van der Waals surface area contributed by atoms with Gasteiger partial charge < -0.3 is 10.1 Å². The molecule has 1 heterocycles. The Balaban J connectivity index is 1.86. The van der Waals surface area contributed by atoms with Crippen molar-refractivity contribution < 1.29 is 4.74 Å². The number of hydrogen-bond donors (Lipinski definition) is 1. The highest BCUT2D eigenvalue weighted by molar-refractivity contribution is 6.32. The van der Waals surface area contributed by atoms with Crippen molar-refractivity contribution in [3.05, 3.63) is 69.7 Å². The molecule has 0 unspecified atom stereocenters. The summed E-state index contributed by atoms with van der Waals surface area (Å²) in [6.07, 6.45) is 5.55. The first-order chi connectivity index (χ1) is 11.2. The maximum Gasteiger partial charge on any atom is 0.142 e. The number of benzene rings is 2. The summed E-state index contributed by atoms with van der Waals surface area (Å²) in [5, 5.41) is 5.22. The van der Waals surface area contributed by atoms with E-state index in [0.717, 1.165) is 33.5 Å². The van der Waals surface area contributed by atoms with Gasteiger partial charge in [-0.15, -0.1) is 0 Å². The Morgan fingerprint density at radius 3 is 2.83 bits per heavy atom. The number of allylic oxidation sites excluding steroid dienone is 2. The number of fused-ring (bicyclic) bond motifs is 3. The van der Waals surface area contributed by atoms with Crippen LogP contribution in [-0.4, -0.2) is 7.11 Å². The minimum Gasteiger partial charge on any atom is -0.495 e. The molecule has 1 aliphatic carbocycles. The fourth-order valence-corrected chi connectivity index (χ4v) is 4.32. The molecule has 0 saturated heterocycles. The van der Waals surface area contributed by atoms with Gasteiger partial charge in [-0.1, -0.05) is 47.5 Å². The minimum atomic E-state index is 0.188. The molecule has 2 nitrogen and oxygen atoms in total. The third-order valence-electron chi connectivity index (χ3n) is 4.86. The van der Waals surface area contributed by atoms with Crippen LogP contribution in [0.4, 0.5) is 5.69 Å². The fourth-order valence-electron chi connectivity index (χ4n) is 3.84. The van der Waals surface area contributed by atoms with Crippen LogP contribution < -0.4 is 10.1 Å². The zero-order valence-corrected chi connectivity index (χ0v) is 14.2. The van der Waals surface area contributed by atoms with E-state index >= 15 is 0 Å². The van der Waals surface area contributed by atoms with Crippen LogP contribution in [0.15, 0.2) is 48.6 Å². The second-order valence-corrected chi connectivity index (χ2v) is 6.91. The number of anilines is 1. The molecule has 0 aromatic heterocycles. The monoisotopic (exact) mass is 345 g/mol. The first-order valence-electron chi connectivity index (χ1n) is 7.74. The topological polar surface area (TPSA) is 21.3 Å². The summed E-state index contributed by atoms with van der Waals surface area (Å²) in [7, 11) is 1.69. The highest BCUT2D eigenvalue weighted by atomic mass is 35.5. The standard InChI is InChI=1S/C19H17Cl2NO/c1-23-16-9-8-15(21)17-13-6-3-7-14(13)18(22-19(16)17)11-4-2-5-12(20)10-11/h2-6,8-10,13-14,18,22H,7H2,1H3/t13-,14-,18-/m1/s1. The first kappa shape index (κ1) is 14.9. The maximum atomic E-state index is 6.51. The van der Waals surface area contributed by atoms with Crippen LogP contribution in [0.25, 0.3) is 0 Å². The normalized spacial score (nSPS) is 24.7. The van der Waals surface area contributed by atoms with Gasteiger partial charge in [0.15, 0.2) is 0 Å². The Morgan fingerprint density at radius 2 is 2.04 bits per heavy atom. The van der Waals surface area contributed by atoms with Crippen molar-refractivity contribution in [3.8, 4) is 5.75 Å². The van der Waals surface area contributed by atoms with Crippen LogP contribution in [0.2, 0.25) is 10.0 Å². The summed E-state index contributed by atoms with van der Waals surface area (Å²) in [4.78, 5) is 0. The summed E-state index contributed by atoms with van der Waals surface area (Å²) < 4.78 is 5.55. The summed E-state index contributed by atoms with van der Waals surface area (Å²) in [6.45, 7) is 0. The molecule has 0 radical (unpaired) electrons. The molecule has 3 atom stereocenters. The Labute approximate surface area is 146 Å². The average molecular weight is 346 g/mol. The molecule has 2 aliphatic rings. The lowest BCUT2D eigenvalue weighted by Crippen LogP contribution is -2.29. The van der Waals surface area contributed by atoms with Gasteiger partial charge in [0, 0.05) is 21.5 Å². The molecule has 118 valence electrons. The van der Waals surface area contributed by atoms with Gasteiger partial charge in [0.25, 0.3) is 0 Å². The molecule has 2 aromatic rings. The van der Waals surface area contributed by atoms with E-state index in [1.54, 1.807) is 7.11 Å². The molecule has 0 spiro atoms. The number of nitrogens with one attached hydrogen (secondary N) is 1. The minimum absolute atomic E-state index is 0.188. The van der Waals surface area contributed by atoms with E-state index in [1.807, 2.05) is 30.3 Å². The predicted octanol–water partition coefficient (Wildman–Crippen LogP) is 5.83. The van der Waals surface area contributed by atoms with E-state index in [9.17, 15) is 0 Å². The Hall–Kier alpha value is -1.64. The first-order valence-corrected chi connectivity index (χ1v) is 8.49. The third-order valence-corrected chi connectivity index (χ3v) is 5.42. The van der Waals surface area contributed by atoms with Crippen molar-refractivity contribution in [2.75, 3.05) is 12.4 Å². The summed E-state index contributed by atoms with van der Waals surface area (Å²) in [6, 6.07) is 12.1. The van der Waals surface area contributed by atoms with Gasteiger partial charge in [0.1, 0.15) is 5.75 Å². The van der Waals surface area contributed by atoms with Gasteiger partial charge in [0.2, 0.25) is 0 Å². The van der Waals surface area contributed by atoms with Gasteiger partial charge in [-0.3, -0.25) is 0 Å². The third kappa shape index (κ3) is 2.41. The van der Waals surface area contributed by atoms with E-state index in [4.69, 9.17) is 27.9 Å². The van der Waals surface area contributed by atoms with Gasteiger partial charge in [-0.05, 0) is 42.2 Å². The average Bonchev–Trinajstić information content (AvgIpc) is 3.03. The molecule has 4 heteroatoms. The highest BCUT2D eigenvalue weighted by Gasteiger charge is 2.40. The molecule has 4 rings (SSSR count). The number of ether oxygens (including phenoxy) is 1. The van der Waals surface area contributed by atoms with E-state index in [2.05, 4.69) is 23.5 Å². The van der Waals surface area contributed by atoms with Crippen molar-refractivity contribution >= 4 is 28.9 Å². The van der Waals surface area contributed by atoms with Crippen molar-refractivity contribution in [3.63, 3.8) is 0 Å². The second-order valence-electron chi connectivity index (χ2n) is 6.07. The van der Waals surface area contributed by atoms with Crippen molar-refractivity contribution in [1.29, 1.82) is 0 Å². The summed E-state index contributed by atoms with van der Waals surface area (Å²) >= 11 is 12.7. The quantitative estimate of drug-likeness (QED) is 0.691. The SMILES string of the molecule is COc1ccc(Cl)c2c1N[C@H](c1cccc(Cl)c1)[C@@H]1CC=C[C@@H]21. The molecular weight excluding hydrogens is 329 g/mol. The smallest absolute Gasteiger partial charge is 0.142 e. The number of halogens is 2. The van der Waals surface area contributed by atoms with E-state index < -0.39 is 0 Å². The van der Waals surface area contributed by atoms with Crippen LogP contribution in [0.3, 0.4) is 0 Å². The summed E-state index contributed by atoms with van der Waals surface area (Å²) in [5.41, 5.74) is 3.34. The Kier molecular flexibility index (Phi) is 3.74. The summed E-state index contributed by atoms with van der Waals surface area (Å²) in [5.74, 6) is 1.57.